The van der Waals surface area contributed by atoms with Crippen LogP contribution in [-0.4, -0.2) is 30.9 Å². The molecule has 8 heteroatoms. The van der Waals surface area contributed by atoms with Crippen LogP contribution in [0.15, 0.2) is 42.5 Å². The number of cyclic esters (lactones) is 1. The second-order valence-electron chi connectivity index (χ2n) is 5.98. The molecule has 3 rings (SSSR count). The van der Waals surface area contributed by atoms with Crippen LogP contribution in [0, 0.1) is 11.6 Å². The van der Waals surface area contributed by atoms with Gasteiger partial charge in [-0.1, -0.05) is 24.3 Å². The third kappa shape index (κ3) is 3.79. The molecule has 0 fully saturated rings. The lowest BCUT2D eigenvalue weighted by molar-refractivity contribution is -0.134. The van der Waals surface area contributed by atoms with E-state index in [-0.39, 0.29) is 12.0 Å². The molecule has 0 radical (unpaired) electrons. The Kier molecular flexibility index (Phi) is 5.16. The van der Waals surface area contributed by atoms with Gasteiger partial charge in [-0.25, -0.2) is 13.6 Å². The second-order valence-corrected chi connectivity index (χ2v) is 5.98. The smallest absolute Gasteiger partial charge is 0.339 e. The molecule has 6 nitrogen and oxygen atoms in total. The molecule has 2 amide bonds. The van der Waals surface area contributed by atoms with E-state index in [2.05, 4.69) is 10.6 Å². The van der Waals surface area contributed by atoms with E-state index in [0.29, 0.717) is 11.1 Å². The molecule has 27 heavy (non-hydrogen) atoms. The van der Waals surface area contributed by atoms with E-state index in [1.165, 1.54) is 13.1 Å². The summed E-state index contributed by atoms with van der Waals surface area (Å²) in [5, 5.41) is 4.79. The van der Waals surface area contributed by atoms with Crippen molar-refractivity contribution >= 4 is 17.8 Å². The summed E-state index contributed by atoms with van der Waals surface area (Å²) in [7, 11) is 1.35. The number of carbonyl (C=O) groups is 3. The zero-order valence-corrected chi connectivity index (χ0v) is 14.3. The highest BCUT2D eigenvalue weighted by molar-refractivity contribution is 5.97. The first kappa shape index (κ1) is 18.5. The molecule has 140 valence electrons. The minimum atomic E-state index is -1.27. The molecule has 1 heterocycles. The normalized spacial score (nSPS) is 16.7. The monoisotopic (exact) mass is 374 g/mol. The third-order valence-electron chi connectivity index (χ3n) is 4.26. The average Bonchev–Trinajstić information content (AvgIpc) is 2.67. The van der Waals surface area contributed by atoms with Gasteiger partial charge in [-0.15, -0.1) is 0 Å². The molecular weight excluding hydrogens is 358 g/mol. The molecule has 0 aliphatic carbocycles. The number of rotatable bonds is 4. The van der Waals surface area contributed by atoms with Crippen LogP contribution in [0.25, 0.3) is 0 Å². The quantitative estimate of drug-likeness (QED) is 0.797. The van der Waals surface area contributed by atoms with E-state index in [1.807, 2.05) is 0 Å². The van der Waals surface area contributed by atoms with E-state index in [9.17, 15) is 23.2 Å². The van der Waals surface area contributed by atoms with Crippen molar-refractivity contribution in [1.82, 2.24) is 10.6 Å². The molecule has 0 bridgehead atoms. The summed E-state index contributed by atoms with van der Waals surface area (Å²) in [6, 6.07) is 8.35. The average molecular weight is 374 g/mol. The van der Waals surface area contributed by atoms with Gasteiger partial charge in [0, 0.05) is 13.5 Å². The molecule has 0 aromatic heterocycles. The Labute approximate surface area is 153 Å². The number of nitrogens with one attached hydrogen (secondary N) is 2. The lowest BCUT2D eigenvalue weighted by Crippen LogP contribution is -2.46. The lowest BCUT2D eigenvalue weighted by Gasteiger charge is -2.26. The maximum absolute atomic E-state index is 13.5. The number of fused-ring (bicyclic) bond motifs is 1. The summed E-state index contributed by atoms with van der Waals surface area (Å²) in [6.45, 7) is 0. The van der Waals surface area contributed by atoms with Gasteiger partial charge in [0.2, 0.25) is 5.91 Å². The van der Waals surface area contributed by atoms with Gasteiger partial charge in [0.1, 0.15) is 6.04 Å². The third-order valence-corrected chi connectivity index (χ3v) is 4.26. The summed E-state index contributed by atoms with van der Waals surface area (Å²) in [5.41, 5.74) is 1.09. The Bertz CT molecular complexity index is 916. The number of hydrogen-bond acceptors (Lipinski definition) is 4. The van der Waals surface area contributed by atoms with Crippen LogP contribution in [0.1, 0.15) is 27.5 Å². The van der Waals surface area contributed by atoms with Gasteiger partial charge in [-0.3, -0.25) is 9.59 Å². The molecule has 1 aliphatic rings. The standard InChI is InChI=1S/C19H16F2N2O4/c1-22-18(25)16(11-6-7-13(20)14(21)8-11)23-17(24)15-9-10-4-2-3-5-12(10)19(26)27-15/h2-8,15-16H,9H2,1H3,(H,22,25)(H,23,24). The lowest BCUT2D eigenvalue weighted by atomic mass is 9.97. The summed E-state index contributed by atoms with van der Waals surface area (Å²) in [5.74, 6) is -4.19. The molecule has 2 N–H and O–H groups in total. The number of carbonyl (C=O) groups excluding carboxylic acids is 3. The fourth-order valence-corrected chi connectivity index (χ4v) is 2.85. The number of likely N-dealkylation sites (N-methyl/N-ethyl adjacent to an activating group) is 1. The molecular formula is C19H16F2N2O4. The van der Waals surface area contributed by atoms with Gasteiger partial charge in [0.25, 0.3) is 5.91 Å². The van der Waals surface area contributed by atoms with E-state index >= 15 is 0 Å². The van der Waals surface area contributed by atoms with Crippen molar-refractivity contribution in [2.75, 3.05) is 7.05 Å². The molecule has 0 spiro atoms. The minimum Gasteiger partial charge on any atom is -0.448 e. The zero-order chi connectivity index (χ0) is 19.6. The summed E-state index contributed by atoms with van der Waals surface area (Å²) < 4.78 is 31.8. The Morgan fingerprint density at radius 3 is 2.59 bits per heavy atom. The van der Waals surface area contributed by atoms with Crippen molar-refractivity contribution in [3.63, 3.8) is 0 Å². The summed E-state index contributed by atoms with van der Waals surface area (Å²) in [4.78, 5) is 36.8. The maximum atomic E-state index is 13.5. The first-order valence-electron chi connectivity index (χ1n) is 8.16. The second kappa shape index (κ2) is 7.53. The number of amides is 2. The van der Waals surface area contributed by atoms with Crippen LogP contribution in [0.5, 0.6) is 0 Å². The largest absolute Gasteiger partial charge is 0.448 e. The zero-order valence-electron chi connectivity index (χ0n) is 14.3. The van der Waals surface area contributed by atoms with Gasteiger partial charge in [-0.05, 0) is 29.3 Å². The van der Waals surface area contributed by atoms with Crippen LogP contribution in [0.4, 0.5) is 8.78 Å². The van der Waals surface area contributed by atoms with Crippen LogP contribution in [-0.2, 0) is 20.7 Å². The van der Waals surface area contributed by atoms with Gasteiger partial charge < -0.3 is 15.4 Å². The van der Waals surface area contributed by atoms with E-state index in [4.69, 9.17) is 4.74 Å². The molecule has 1 aliphatic heterocycles. The van der Waals surface area contributed by atoms with Crippen molar-refractivity contribution in [3.05, 3.63) is 70.8 Å². The number of esters is 1. The van der Waals surface area contributed by atoms with Crippen LogP contribution >= 0.6 is 0 Å². The molecule has 2 aromatic carbocycles. The van der Waals surface area contributed by atoms with Crippen molar-refractivity contribution in [1.29, 1.82) is 0 Å². The molecule has 0 saturated heterocycles. The maximum Gasteiger partial charge on any atom is 0.339 e. The van der Waals surface area contributed by atoms with Gasteiger partial charge in [0.05, 0.1) is 5.56 Å². The summed E-state index contributed by atoms with van der Waals surface area (Å²) >= 11 is 0. The van der Waals surface area contributed by atoms with E-state index in [1.54, 1.807) is 24.3 Å². The minimum absolute atomic E-state index is 0.0594. The molecule has 0 saturated carbocycles. The fraction of sp³-hybridized carbons (Fsp3) is 0.211. The van der Waals surface area contributed by atoms with E-state index in [0.717, 1.165) is 12.1 Å². The van der Waals surface area contributed by atoms with Crippen LogP contribution in [0.3, 0.4) is 0 Å². The van der Waals surface area contributed by atoms with Gasteiger partial charge >= 0.3 is 5.97 Å². The highest BCUT2D eigenvalue weighted by Gasteiger charge is 2.33. The Morgan fingerprint density at radius 2 is 1.89 bits per heavy atom. The highest BCUT2D eigenvalue weighted by Crippen LogP contribution is 2.22. The van der Waals surface area contributed by atoms with Crippen molar-refractivity contribution in [2.24, 2.45) is 0 Å². The summed E-state index contributed by atoms with van der Waals surface area (Å²) in [6.07, 6.45) is -0.990. The number of ether oxygens (including phenoxy) is 1. The number of benzene rings is 2. The van der Waals surface area contributed by atoms with Crippen molar-refractivity contribution in [3.8, 4) is 0 Å². The van der Waals surface area contributed by atoms with Crippen LogP contribution in [0.2, 0.25) is 0 Å². The van der Waals surface area contributed by atoms with E-state index < -0.39 is 41.6 Å². The van der Waals surface area contributed by atoms with Gasteiger partial charge in [0.15, 0.2) is 17.7 Å². The Morgan fingerprint density at radius 1 is 1.15 bits per heavy atom. The SMILES string of the molecule is CNC(=O)C(NC(=O)C1Cc2ccccc2C(=O)O1)c1ccc(F)c(F)c1. The number of hydrogen-bond donors (Lipinski definition) is 2. The first-order valence-corrected chi connectivity index (χ1v) is 8.16. The topological polar surface area (TPSA) is 84.5 Å². The Balaban J connectivity index is 1.82. The highest BCUT2D eigenvalue weighted by atomic mass is 19.2. The van der Waals surface area contributed by atoms with Gasteiger partial charge in [-0.2, -0.15) is 0 Å². The Hall–Kier alpha value is -3.29. The predicted molar refractivity (Wildman–Crippen MR) is 90.7 cm³/mol. The predicted octanol–water partition coefficient (Wildman–Crippen LogP) is 1.65. The first-order chi connectivity index (χ1) is 12.9. The van der Waals surface area contributed by atoms with Crippen molar-refractivity contribution < 1.29 is 27.9 Å². The molecule has 2 atom stereocenters. The van der Waals surface area contributed by atoms with Crippen molar-refractivity contribution in [2.45, 2.75) is 18.6 Å². The molecule has 2 unspecified atom stereocenters. The fourth-order valence-electron chi connectivity index (χ4n) is 2.85. The van der Waals surface area contributed by atoms with Crippen LogP contribution < -0.4 is 10.6 Å². The molecule has 2 aromatic rings. The number of halogens is 2.